The number of benzene rings is 1. The summed E-state index contributed by atoms with van der Waals surface area (Å²) in [6.07, 6.45) is 2.37. The molecule has 5 heteroatoms. The quantitative estimate of drug-likeness (QED) is 0.802. The normalized spacial score (nSPS) is 19.0. The summed E-state index contributed by atoms with van der Waals surface area (Å²) in [5.41, 5.74) is 1.15. The van der Waals surface area contributed by atoms with Crippen LogP contribution in [-0.4, -0.2) is 31.2 Å². The fourth-order valence-electron chi connectivity index (χ4n) is 2.11. The zero-order valence-electron chi connectivity index (χ0n) is 10.5. The van der Waals surface area contributed by atoms with E-state index < -0.39 is 10.0 Å². The van der Waals surface area contributed by atoms with E-state index in [1.807, 2.05) is 12.1 Å². The predicted octanol–water partition coefficient (Wildman–Crippen LogP) is 2.64. The van der Waals surface area contributed by atoms with Gasteiger partial charge in [-0.2, -0.15) is 4.31 Å². The Kier molecular flexibility index (Phi) is 4.30. The lowest BCUT2D eigenvalue weighted by atomic mass is 10.2. The predicted molar refractivity (Wildman–Crippen MR) is 73.5 cm³/mol. The summed E-state index contributed by atoms with van der Waals surface area (Å²) >= 11 is 6.00. The Balaban J connectivity index is 2.19. The maximum atomic E-state index is 12.4. The first-order chi connectivity index (χ1) is 8.54. The summed E-state index contributed by atoms with van der Waals surface area (Å²) in [4.78, 5) is 0.382. The van der Waals surface area contributed by atoms with Crippen molar-refractivity contribution in [2.45, 2.75) is 36.5 Å². The third kappa shape index (κ3) is 2.87. The van der Waals surface area contributed by atoms with Crippen LogP contribution in [0.1, 0.15) is 25.3 Å². The molecule has 0 amide bonds. The van der Waals surface area contributed by atoms with Crippen LogP contribution in [0.3, 0.4) is 0 Å². The van der Waals surface area contributed by atoms with Crippen molar-refractivity contribution in [3.05, 3.63) is 29.8 Å². The fourth-order valence-corrected chi connectivity index (χ4v) is 3.78. The van der Waals surface area contributed by atoms with Crippen molar-refractivity contribution in [2.24, 2.45) is 0 Å². The first-order valence-corrected chi connectivity index (χ1v) is 8.15. The molecule has 1 aromatic rings. The molecule has 1 aromatic carbocycles. The summed E-state index contributed by atoms with van der Waals surface area (Å²) < 4.78 is 26.3. The topological polar surface area (TPSA) is 37.4 Å². The largest absolute Gasteiger partial charge is 0.243 e. The summed E-state index contributed by atoms with van der Waals surface area (Å²) in [5, 5.41) is 0.110. The van der Waals surface area contributed by atoms with E-state index in [-0.39, 0.29) is 5.38 Å². The van der Waals surface area contributed by atoms with Gasteiger partial charge in [-0.25, -0.2) is 8.42 Å². The molecule has 3 nitrogen and oxygen atoms in total. The van der Waals surface area contributed by atoms with E-state index in [0.717, 1.165) is 24.8 Å². The Morgan fingerprint density at radius 1 is 1.22 bits per heavy atom. The molecule has 100 valence electrons. The van der Waals surface area contributed by atoms with Crippen LogP contribution in [0.25, 0.3) is 0 Å². The van der Waals surface area contributed by atoms with Gasteiger partial charge in [-0.15, -0.1) is 11.6 Å². The molecule has 1 heterocycles. The standard InChI is InChI=1S/C13H18ClNO2S/c1-2-11-3-5-13(6-4-11)18(16,17)15-9-7-12(14)8-10-15/h3-6,12H,2,7-10H2,1H3. The Hall–Kier alpha value is -0.580. The van der Waals surface area contributed by atoms with Gasteiger partial charge in [-0.05, 0) is 37.0 Å². The van der Waals surface area contributed by atoms with E-state index in [4.69, 9.17) is 11.6 Å². The zero-order chi connectivity index (χ0) is 13.2. The smallest absolute Gasteiger partial charge is 0.207 e. The van der Waals surface area contributed by atoms with Gasteiger partial charge >= 0.3 is 0 Å². The molecule has 18 heavy (non-hydrogen) atoms. The van der Waals surface area contributed by atoms with Gasteiger partial charge in [-0.3, -0.25) is 0 Å². The van der Waals surface area contributed by atoms with E-state index in [2.05, 4.69) is 6.92 Å². The molecule has 0 aliphatic carbocycles. The highest BCUT2D eigenvalue weighted by Crippen LogP contribution is 2.23. The first kappa shape index (κ1) is 13.8. The van der Waals surface area contributed by atoms with Gasteiger partial charge in [-0.1, -0.05) is 19.1 Å². The van der Waals surface area contributed by atoms with Gasteiger partial charge in [0, 0.05) is 18.5 Å². The third-order valence-corrected chi connectivity index (χ3v) is 5.70. The lowest BCUT2D eigenvalue weighted by molar-refractivity contribution is 0.350. The molecule has 0 radical (unpaired) electrons. The van der Waals surface area contributed by atoms with Crippen molar-refractivity contribution >= 4 is 21.6 Å². The number of piperidine rings is 1. The number of aryl methyl sites for hydroxylation is 1. The average Bonchev–Trinajstić information content (AvgIpc) is 2.39. The van der Waals surface area contributed by atoms with Crippen LogP contribution in [0.4, 0.5) is 0 Å². The van der Waals surface area contributed by atoms with E-state index in [1.165, 1.54) is 4.31 Å². The summed E-state index contributed by atoms with van der Waals surface area (Å²) in [6, 6.07) is 7.14. The number of sulfonamides is 1. The second-order valence-electron chi connectivity index (χ2n) is 4.58. The Morgan fingerprint density at radius 3 is 2.28 bits per heavy atom. The van der Waals surface area contributed by atoms with Gasteiger partial charge in [0.15, 0.2) is 0 Å². The Labute approximate surface area is 114 Å². The minimum absolute atomic E-state index is 0.110. The van der Waals surface area contributed by atoms with Crippen LogP contribution in [0.15, 0.2) is 29.2 Å². The molecular weight excluding hydrogens is 270 g/mol. The van der Waals surface area contributed by atoms with Crippen LogP contribution in [0, 0.1) is 0 Å². The summed E-state index contributed by atoms with van der Waals surface area (Å²) in [7, 11) is -3.34. The van der Waals surface area contributed by atoms with Crippen molar-refractivity contribution in [3.8, 4) is 0 Å². The second-order valence-corrected chi connectivity index (χ2v) is 7.13. The lowest BCUT2D eigenvalue weighted by Gasteiger charge is -2.28. The number of halogens is 1. The second kappa shape index (κ2) is 5.59. The Bertz CT molecular complexity index is 490. The highest BCUT2D eigenvalue weighted by atomic mass is 35.5. The first-order valence-electron chi connectivity index (χ1n) is 6.27. The molecule has 0 atom stereocenters. The fraction of sp³-hybridized carbons (Fsp3) is 0.538. The maximum absolute atomic E-state index is 12.4. The van der Waals surface area contributed by atoms with Crippen LogP contribution < -0.4 is 0 Å². The molecule has 0 unspecified atom stereocenters. The van der Waals surface area contributed by atoms with E-state index in [0.29, 0.717) is 18.0 Å². The van der Waals surface area contributed by atoms with Crippen molar-refractivity contribution < 1.29 is 8.42 Å². The molecule has 0 aromatic heterocycles. The van der Waals surface area contributed by atoms with Gasteiger partial charge in [0.05, 0.1) is 4.90 Å². The molecular formula is C13H18ClNO2S. The highest BCUT2D eigenvalue weighted by Gasteiger charge is 2.28. The van der Waals surface area contributed by atoms with Crippen molar-refractivity contribution in [1.29, 1.82) is 0 Å². The molecule has 1 aliphatic rings. The molecule has 0 spiro atoms. The molecule has 1 fully saturated rings. The number of hydrogen-bond acceptors (Lipinski definition) is 2. The van der Waals surface area contributed by atoms with E-state index in [1.54, 1.807) is 12.1 Å². The van der Waals surface area contributed by atoms with Crippen LogP contribution in [0.5, 0.6) is 0 Å². The number of rotatable bonds is 3. The zero-order valence-corrected chi connectivity index (χ0v) is 12.0. The highest BCUT2D eigenvalue weighted by molar-refractivity contribution is 7.89. The summed E-state index contributed by atoms with van der Waals surface area (Å²) in [6.45, 7) is 3.09. The molecule has 1 saturated heterocycles. The Morgan fingerprint density at radius 2 is 1.78 bits per heavy atom. The molecule has 1 aliphatic heterocycles. The molecule has 0 saturated carbocycles. The van der Waals surface area contributed by atoms with Gasteiger partial charge < -0.3 is 0 Å². The van der Waals surface area contributed by atoms with Gasteiger partial charge in [0.2, 0.25) is 10.0 Å². The van der Waals surface area contributed by atoms with Crippen LogP contribution in [0.2, 0.25) is 0 Å². The van der Waals surface area contributed by atoms with E-state index in [9.17, 15) is 8.42 Å². The van der Waals surface area contributed by atoms with E-state index >= 15 is 0 Å². The molecule has 0 N–H and O–H groups in total. The number of alkyl halides is 1. The molecule has 0 bridgehead atoms. The van der Waals surface area contributed by atoms with Gasteiger partial charge in [0.1, 0.15) is 0 Å². The van der Waals surface area contributed by atoms with Crippen LogP contribution in [-0.2, 0) is 16.4 Å². The maximum Gasteiger partial charge on any atom is 0.243 e. The minimum atomic E-state index is -3.34. The third-order valence-electron chi connectivity index (χ3n) is 3.35. The minimum Gasteiger partial charge on any atom is -0.207 e. The van der Waals surface area contributed by atoms with Gasteiger partial charge in [0.25, 0.3) is 0 Å². The van der Waals surface area contributed by atoms with Crippen molar-refractivity contribution in [3.63, 3.8) is 0 Å². The monoisotopic (exact) mass is 287 g/mol. The van der Waals surface area contributed by atoms with Crippen LogP contribution >= 0.6 is 11.6 Å². The SMILES string of the molecule is CCc1ccc(S(=O)(=O)N2CCC(Cl)CC2)cc1. The average molecular weight is 288 g/mol. The van der Waals surface area contributed by atoms with Crippen molar-refractivity contribution in [2.75, 3.05) is 13.1 Å². The number of hydrogen-bond donors (Lipinski definition) is 0. The van der Waals surface area contributed by atoms with Crippen molar-refractivity contribution in [1.82, 2.24) is 4.31 Å². The molecule has 2 rings (SSSR count). The number of nitrogens with zero attached hydrogens (tertiary/aromatic N) is 1. The summed E-state index contributed by atoms with van der Waals surface area (Å²) in [5.74, 6) is 0. The lowest BCUT2D eigenvalue weighted by Crippen LogP contribution is -2.38.